The highest BCUT2D eigenvalue weighted by molar-refractivity contribution is 5.95. The highest BCUT2D eigenvalue weighted by Gasteiger charge is 2.20. The number of rotatable bonds is 10. The van der Waals surface area contributed by atoms with Gasteiger partial charge in [-0.15, -0.1) is 12.4 Å². The molecule has 1 rings (SSSR count). The molecule has 0 aliphatic carbocycles. The van der Waals surface area contributed by atoms with Gasteiger partial charge in [-0.1, -0.05) is 34.1 Å². The summed E-state index contributed by atoms with van der Waals surface area (Å²) >= 11 is 0. The number of nitrogens with two attached hydrogens (primary N) is 1. The fourth-order valence-electron chi connectivity index (χ4n) is 1.98. The third-order valence-corrected chi connectivity index (χ3v) is 3.69. The fourth-order valence-corrected chi connectivity index (χ4v) is 1.98. The van der Waals surface area contributed by atoms with Crippen LogP contribution in [0.3, 0.4) is 0 Å². The molecule has 1 amide bonds. The van der Waals surface area contributed by atoms with Crippen LogP contribution in [-0.4, -0.2) is 25.2 Å². The van der Waals surface area contributed by atoms with Gasteiger partial charge in [-0.2, -0.15) is 0 Å². The molecule has 0 radical (unpaired) electrons. The molecule has 5 nitrogen and oxygen atoms in total. The predicted octanol–water partition coefficient (Wildman–Crippen LogP) is 4.00. The van der Waals surface area contributed by atoms with E-state index in [9.17, 15) is 4.79 Å². The molecule has 6 heteroatoms. The molecule has 24 heavy (non-hydrogen) atoms. The summed E-state index contributed by atoms with van der Waals surface area (Å²) in [6.07, 6.45) is 2.70. The van der Waals surface area contributed by atoms with Gasteiger partial charge in [0.2, 0.25) is 5.91 Å². The van der Waals surface area contributed by atoms with E-state index in [1.807, 2.05) is 32.9 Å². The Kier molecular flexibility index (Phi) is 11.3. The smallest absolute Gasteiger partial charge is 0.241 e. The van der Waals surface area contributed by atoms with Crippen LogP contribution in [0.4, 0.5) is 5.69 Å². The van der Waals surface area contributed by atoms with Crippen LogP contribution >= 0.6 is 12.4 Å². The summed E-state index contributed by atoms with van der Waals surface area (Å²) in [6.45, 7) is 9.33. The van der Waals surface area contributed by atoms with E-state index in [-0.39, 0.29) is 24.2 Å². The number of carbonyl (C=O) groups excluding carboxylic acids is 1. The zero-order valence-corrected chi connectivity index (χ0v) is 15.9. The minimum Gasteiger partial charge on any atom is -0.490 e. The molecule has 2 atom stereocenters. The summed E-state index contributed by atoms with van der Waals surface area (Å²) in [4.78, 5) is 12.2. The first kappa shape index (κ1) is 22.5. The monoisotopic (exact) mass is 358 g/mol. The van der Waals surface area contributed by atoms with Crippen LogP contribution in [0.15, 0.2) is 18.2 Å². The Morgan fingerprint density at radius 2 is 1.71 bits per heavy atom. The molecule has 2 unspecified atom stereocenters. The van der Waals surface area contributed by atoms with Crippen molar-refractivity contribution in [2.75, 3.05) is 18.5 Å². The first-order valence-electron chi connectivity index (χ1n) is 8.49. The van der Waals surface area contributed by atoms with Gasteiger partial charge in [0.25, 0.3) is 0 Å². The molecular weight excluding hydrogens is 328 g/mol. The van der Waals surface area contributed by atoms with Gasteiger partial charge in [-0.05, 0) is 30.9 Å². The largest absolute Gasteiger partial charge is 0.490 e. The minimum atomic E-state index is -0.518. The number of hydrogen-bond donors (Lipinski definition) is 2. The minimum absolute atomic E-state index is 0. The van der Waals surface area contributed by atoms with Crippen LogP contribution in [0, 0.1) is 5.92 Å². The van der Waals surface area contributed by atoms with Crippen LogP contribution in [-0.2, 0) is 4.79 Å². The molecule has 0 aromatic heterocycles. The van der Waals surface area contributed by atoms with Gasteiger partial charge in [0.1, 0.15) is 0 Å². The second kappa shape index (κ2) is 12.0. The number of nitrogens with one attached hydrogen (secondary N) is 1. The third-order valence-electron chi connectivity index (χ3n) is 3.69. The lowest BCUT2D eigenvalue weighted by Gasteiger charge is -2.18. The Morgan fingerprint density at radius 3 is 2.25 bits per heavy atom. The number of amides is 1. The number of ether oxygens (including phenoxy) is 2. The average Bonchev–Trinajstić information content (AvgIpc) is 2.57. The highest BCUT2D eigenvalue weighted by atomic mass is 35.5. The van der Waals surface area contributed by atoms with Crippen molar-refractivity contribution in [3.05, 3.63) is 18.2 Å². The third kappa shape index (κ3) is 6.97. The summed E-state index contributed by atoms with van der Waals surface area (Å²) < 4.78 is 11.4. The molecule has 0 bridgehead atoms. The van der Waals surface area contributed by atoms with E-state index in [0.29, 0.717) is 30.4 Å². The number of benzene rings is 1. The Hall–Kier alpha value is -1.46. The molecule has 1 aromatic rings. The van der Waals surface area contributed by atoms with Gasteiger partial charge in [-0.25, -0.2) is 0 Å². The fraction of sp³-hybridized carbons (Fsp3) is 0.611. The molecule has 0 aliphatic heterocycles. The molecule has 0 heterocycles. The number of anilines is 1. The van der Waals surface area contributed by atoms with Crippen LogP contribution in [0.1, 0.15) is 47.0 Å². The zero-order valence-electron chi connectivity index (χ0n) is 15.1. The quantitative estimate of drug-likeness (QED) is 0.663. The van der Waals surface area contributed by atoms with Gasteiger partial charge in [0.15, 0.2) is 11.5 Å². The summed E-state index contributed by atoms with van der Waals surface area (Å²) in [6, 6.07) is 4.91. The van der Waals surface area contributed by atoms with Crippen molar-refractivity contribution in [2.24, 2.45) is 11.7 Å². The molecule has 0 aliphatic rings. The lowest BCUT2D eigenvalue weighted by Crippen LogP contribution is -2.40. The van der Waals surface area contributed by atoms with Crippen LogP contribution < -0.4 is 20.5 Å². The normalized spacial score (nSPS) is 12.7. The average molecular weight is 359 g/mol. The predicted molar refractivity (Wildman–Crippen MR) is 101 cm³/mol. The maximum absolute atomic E-state index is 12.2. The summed E-state index contributed by atoms with van der Waals surface area (Å²) in [5.41, 5.74) is 6.64. The van der Waals surface area contributed by atoms with E-state index in [1.54, 1.807) is 6.07 Å². The van der Waals surface area contributed by atoms with Crippen LogP contribution in [0.25, 0.3) is 0 Å². The van der Waals surface area contributed by atoms with Gasteiger partial charge in [0.05, 0.1) is 19.3 Å². The van der Waals surface area contributed by atoms with Crippen molar-refractivity contribution in [1.82, 2.24) is 0 Å². The maximum atomic E-state index is 12.2. The zero-order chi connectivity index (χ0) is 17.2. The number of hydrogen-bond acceptors (Lipinski definition) is 4. The first-order valence-corrected chi connectivity index (χ1v) is 8.49. The van der Waals surface area contributed by atoms with Crippen LogP contribution in [0.5, 0.6) is 11.5 Å². The van der Waals surface area contributed by atoms with E-state index in [0.717, 1.165) is 19.3 Å². The molecule has 138 valence electrons. The Bertz CT molecular complexity index is 497. The van der Waals surface area contributed by atoms with E-state index in [1.165, 1.54) is 0 Å². The SMILES string of the molecule is CCCOc1ccc(NC(=O)C(N)C(C)CC)cc1OCCC.Cl. The molecule has 3 N–H and O–H groups in total. The van der Waals surface area contributed by atoms with Crippen molar-refractivity contribution in [3.8, 4) is 11.5 Å². The molecular formula is C18H31ClN2O3. The number of halogens is 1. The second-order valence-corrected chi connectivity index (χ2v) is 5.76. The molecule has 0 spiro atoms. The summed E-state index contributed by atoms with van der Waals surface area (Å²) in [7, 11) is 0. The van der Waals surface area contributed by atoms with Gasteiger partial charge >= 0.3 is 0 Å². The van der Waals surface area contributed by atoms with Crippen molar-refractivity contribution < 1.29 is 14.3 Å². The van der Waals surface area contributed by atoms with Crippen molar-refractivity contribution >= 4 is 24.0 Å². The second-order valence-electron chi connectivity index (χ2n) is 5.76. The van der Waals surface area contributed by atoms with E-state index in [2.05, 4.69) is 12.2 Å². The van der Waals surface area contributed by atoms with E-state index >= 15 is 0 Å². The summed E-state index contributed by atoms with van der Waals surface area (Å²) in [5.74, 6) is 1.31. The lowest BCUT2D eigenvalue weighted by atomic mass is 9.99. The first-order chi connectivity index (χ1) is 11.0. The topological polar surface area (TPSA) is 73.6 Å². The van der Waals surface area contributed by atoms with Crippen LogP contribution in [0.2, 0.25) is 0 Å². The Balaban J connectivity index is 0.00000529. The molecule has 0 saturated carbocycles. The molecule has 1 aromatic carbocycles. The standard InChI is InChI=1S/C18H30N2O3.ClH/c1-5-10-22-15-9-8-14(12-16(15)23-11-6-2)20-18(21)17(19)13(4)7-3;/h8-9,12-13,17H,5-7,10-11,19H2,1-4H3,(H,20,21);1H. The Morgan fingerprint density at radius 1 is 1.12 bits per heavy atom. The molecule has 0 saturated heterocycles. The lowest BCUT2D eigenvalue weighted by molar-refractivity contribution is -0.118. The van der Waals surface area contributed by atoms with Crippen molar-refractivity contribution in [1.29, 1.82) is 0 Å². The van der Waals surface area contributed by atoms with Gasteiger partial charge in [0, 0.05) is 11.8 Å². The van der Waals surface area contributed by atoms with Crippen molar-refractivity contribution in [2.45, 2.75) is 53.0 Å². The molecule has 0 fully saturated rings. The number of carbonyl (C=O) groups is 1. The van der Waals surface area contributed by atoms with Gasteiger partial charge < -0.3 is 20.5 Å². The van der Waals surface area contributed by atoms with Crippen molar-refractivity contribution in [3.63, 3.8) is 0 Å². The summed E-state index contributed by atoms with van der Waals surface area (Å²) in [5, 5.41) is 2.86. The van der Waals surface area contributed by atoms with Gasteiger partial charge in [-0.3, -0.25) is 4.79 Å². The van der Waals surface area contributed by atoms with E-state index in [4.69, 9.17) is 15.2 Å². The highest BCUT2D eigenvalue weighted by Crippen LogP contribution is 2.31. The maximum Gasteiger partial charge on any atom is 0.241 e. The van der Waals surface area contributed by atoms with E-state index < -0.39 is 6.04 Å². The Labute approximate surface area is 151 Å².